The maximum atomic E-state index is 13.6. The van der Waals surface area contributed by atoms with Gasteiger partial charge in [0.05, 0.1) is 7.11 Å². The maximum Gasteiger partial charge on any atom is 0.163 e. The van der Waals surface area contributed by atoms with E-state index < -0.39 is 0 Å². The van der Waals surface area contributed by atoms with E-state index in [1.54, 1.807) is 30.3 Å². The van der Waals surface area contributed by atoms with Crippen LogP contribution in [-0.2, 0) is 6.61 Å². The second-order valence-corrected chi connectivity index (χ2v) is 4.85. The molecule has 19 heavy (non-hydrogen) atoms. The summed E-state index contributed by atoms with van der Waals surface area (Å²) in [5, 5.41) is 0. The van der Waals surface area contributed by atoms with Gasteiger partial charge in [0.1, 0.15) is 12.4 Å². The number of methoxy groups -OCH3 is 1. The number of nitrogen functional groups attached to an aromatic ring is 1. The van der Waals surface area contributed by atoms with Gasteiger partial charge in [0, 0.05) is 21.8 Å². The van der Waals surface area contributed by atoms with Crippen molar-refractivity contribution >= 4 is 21.6 Å². The molecule has 0 spiro atoms. The van der Waals surface area contributed by atoms with Crippen LogP contribution in [0.3, 0.4) is 0 Å². The minimum Gasteiger partial charge on any atom is -0.493 e. The lowest BCUT2D eigenvalue weighted by atomic mass is 10.2. The highest BCUT2D eigenvalue weighted by Gasteiger charge is 2.08. The number of rotatable bonds is 4. The molecule has 0 atom stereocenters. The average molecular weight is 326 g/mol. The molecule has 0 unspecified atom stereocenters. The molecular formula is C14H13BrFNO2. The minimum atomic E-state index is -0.314. The van der Waals surface area contributed by atoms with Crippen molar-refractivity contribution in [2.24, 2.45) is 0 Å². The highest BCUT2D eigenvalue weighted by atomic mass is 79.9. The Hall–Kier alpha value is -1.75. The van der Waals surface area contributed by atoms with Crippen LogP contribution >= 0.6 is 15.9 Å². The van der Waals surface area contributed by atoms with Gasteiger partial charge in [0.25, 0.3) is 0 Å². The Morgan fingerprint density at radius 1 is 1.16 bits per heavy atom. The molecule has 0 aromatic heterocycles. The van der Waals surface area contributed by atoms with Gasteiger partial charge in [0.15, 0.2) is 11.5 Å². The van der Waals surface area contributed by atoms with Crippen LogP contribution in [0, 0.1) is 5.82 Å². The molecule has 100 valence electrons. The molecule has 2 N–H and O–H groups in total. The standard InChI is InChI=1S/C14H13BrFNO2/c1-18-13-5-3-11(17)7-14(13)19-8-9-6-10(15)2-4-12(9)16/h2-7H,8,17H2,1H3. The van der Waals surface area contributed by atoms with Crippen molar-refractivity contribution < 1.29 is 13.9 Å². The zero-order chi connectivity index (χ0) is 13.8. The molecule has 0 aliphatic carbocycles. The van der Waals surface area contributed by atoms with Gasteiger partial charge in [-0.1, -0.05) is 15.9 Å². The van der Waals surface area contributed by atoms with E-state index >= 15 is 0 Å². The number of benzene rings is 2. The van der Waals surface area contributed by atoms with E-state index in [1.807, 2.05) is 0 Å². The molecule has 2 rings (SSSR count). The Labute approximate surface area is 119 Å². The van der Waals surface area contributed by atoms with Crippen LogP contribution < -0.4 is 15.2 Å². The Morgan fingerprint density at radius 3 is 2.68 bits per heavy atom. The van der Waals surface area contributed by atoms with E-state index in [0.717, 1.165) is 4.47 Å². The van der Waals surface area contributed by atoms with Gasteiger partial charge in [-0.2, -0.15) is 0 Å². The summed E-state index contributed by atoms with van der Waals surface area (Å²) in [6.45, 7) is 0.102. The number of hydrogen-bond donors (Lipinski definition) is 1. The lowest BCUT2D eigenvalue weighted by Gasteiger charge is -2.12. The quantitative estimate of drug-likeness (QED) is 0.870. The fourth-order valence-corrected chi connectivity index (χ4v) is 2.02. The van der Waals surface area contributed by atoms with Crippen LogP contribution in [0.2, 0.25) is 0 Å². The van der Waals surface area contributed by atoms with Crippen LogP contribution in [-0.4, -0.2) is 7.11 Å². The molecule has 0 amide bonds. The molecule has 0 saturated heterocycles. The van der Waals surface area contributed by atoms with Crippen molar-refractivity contribution in [3.8, 4) is 11.5 Å². The van der Waals surface area contributed by atoms with E-state index in [2.05, 4.69) is 15.9 Å². The van der Waals surface area contributed by atoms with E-state index in [1.165, 1.54) is 13.2 Å². The summed E-state index contributed by atoms with van der Waals surface area (Å²) in [4.78, 5) is 0. The molecule has 0 radical (unpaired) electrons. The van der Waals surface area contributed by atoms with Gasteiger partial charge in [-0.3, -0.25) is 0 Å². The first-order valence-corrected chi connectivity index (χ1v) is 6.39. The molecule has 2 aromatic carbocycles. The van der Waals surface area contributed by atoms with Crippen LogP contribution in [0.1, 0.15) is 5.56 Å². The molecule has 0 heterocycles. The van der Waals surface area contributed by atoms with Crippen LogP contribution in [0.5, 0.6) is 11.5 Å². The molecule has 5 heteroatoms. The number of anilines is 1. The number of halogens is 2. The monoisotopic (exact) mass is 325 g/mol. The van der Waals surface area contributed by atoms with Gasteiger partial charge in [-0.05, 0) is 30.3 Å². The summed E-state index contributed by atoms with van der Waals surface area (Å²) in [7, 11) is 1.54. The predicted molar refractivity (Wildman–Crippen MR) is 75.8 cm³/mol. The summed E-state index contributed by atoms with van der Waals surface area (Å²) < 4.78 is 25.1. The summed E-state index contributed by atoms with van der Waals surface area (Å²) in [6.07, 6.45) is 0. The van der Waals surface area contributed by atoms with E-state index in [0.29, 0.717) is 22.7 Å². The highest BCUT2D eigenvalue weighted by molar-refractivity contribution is 9.10. The van der Waals surface area contributed by atoms with Crippen LogP contribution in [0.25, 0.3) is 0 Å². The second-order valence-electron chi connectivity index (χ2n) is 3.93. The third-order valence-corrected chi connectivity index (χ3v) is 3.07. The van der Waals surface area contributed by atoms with Crippen molar-refractivity contribution in [2.75, 3.05) is 12.8 Å². The largest absolute Gasteiger partial charge is 0.493 e. The maximum absolute atomic E-state index is 13.6. The fraction of sp³-hybridized carbons (Fsp3) is 0.143. The number of hydrogen-bond acceptors (Lipinski definition) is 3. The summed E-state index contributed by atoms with van der Waals surface area (Å²) >= 11 is 3.30. The molecule has 0 saturated carbocycles. The molecule has 0 fully saturated rings. The Kier molecular flexibility index (Phi) is 4.27. The first-order chi connectivity index (χ1) is 9.10. The Morgan fingerprint density at radius 2 is 1.95 bits per heavy atom. The normalized spacial score (nSPS) is 10.3. The Bertz CT molecular complexity index is 590. The molecule has 0 aliphatic rings. The van der Waals surface area contributed by atoms with Crippen LogP contribution in [0.15, 0.2) is 40.9 Å². The first kappa shape index (κ1) is 13.7. The number of ether oxygens (including phenoxy) is 2. The predicted octanol–water partition coefficient (Wildman–Crippen LogP) is 3.76. The summed E-state index contributed by atoms with van der Waals surface area (Å²) in [5.74, 6) is 0.734. The summed E-state index contributed by atoms with van der Waals surface area (Å²) in [6, 6.07) is 9.77. The van der Waals surface area contributed by atoms with Crippen molar-refractivity contribution in [1.82, 2.24) is 0 Å². The van der Waals surface area contributed by atoms with Crippen molar-refractivity contribution in [3.05, 3.63) is 52.3 Å². The fourth-order valence-electron chi connectivity index (χ4n) is 1.62. The SMILES string of the molecule is COc1ccc(N)cc1OCc1cc(Br)ccc1F. The van der Waals surface area contributed by atoms with Crippen molar-refractivity contribution in [2.45, 2.75) is 6.61 Å². The van der Waals surface area contributed by atoms with Crippen molar-refractivity contribution in [3.63, 3.8) is 0 Å². The van der Waals surface area contributed by atoms with Crippen LogP contribution in [0.4, 0.5) is 10.1 Å². The van der Waals surface area contributed by atoms with E-state index in [4.69, 9.17) is 15.2 Å². The van der Waals surface area contributed by atoms with Gasteiger partial charge in [-0.25, -0.2) is 4.39 Å². The molecule has 2 aromatic rings. The number of nitrogens with two attached hydrogens (primary N) is 1. The van der Waals surface area contributed by atoms with Gasteiger partial charge >= 0.3 is 0 Å². The Balaban J connectivity index is 2.18. The molecule has 0 bridgehead atoms. The lowest BCUT2D eigenvalue weighted by Crippen LogP contribution is -2.01. The zero-order valence-corrected chi connectivity index (χ0v) is 11.9. The topological polar surface area (TPSA) is 44.5 Å². The molecule has 3 nitrogen and oxygen atoms in total. The highest BCUT2D eigenvalue weighted by Crippen LogP contribution is 2.30. The minimum absolute atomic E-state index is 0.102. The van der Waals surface area contributed by atoms with Crippen molar-refractivity contribution in [1.29, 1.82) is 0 Å². The lowest BCUT2D eigenvalue weighted by molar-refractivity contribution is 0.280. The van der Waals surface area contributed by atoms with E-state index in [9.17, 15) is 4.39 Å². The first-order valence-electron chi connectivity index (χ1n) is 5.60. The summed E-state index contributed by atoms with van der Waals surface area (Å²) in [5.41, 5.74) is 6.71. The van der Waals surface area contributed by atoms with Gasteiger partial charge < -0.3 is 15.2 Å². The van der Waals surface area contributed by atoms with Gasteiger partial charge in [0.2, 0.25) is 0 Å². The second kappa shape index (κ2) is 5.93. The smallest absolute Gasteiger partial charge is 0.163 e. The molecule has 0 aliphatic heterocycles. The van der Waals surface area contributed by atoms with E-state index in [-0.39, 0.29) is 12.4 Å². The third kappa shape index (κ3) is 3.38. The average Bonchev–Trinajstić information content (AvgIpc) is 2.40. The van der Waals surface area contributed by atoms with Gasteiger partial charge in [-0.15, -0.1) is 0 Å². The zero-order valence-electron chi connectivity index (χ0n) is 10.3. The molecular weight excluding hydrogens is 313 g/mol. The third-order valence-electron chi connectivity index (χ3n) is 2.58.